The maximum absolute atomic E-state index is 12.9. The standard InChI is InChI=1S/C21H34N2O2S/c1-20(2)14-18(15-21(3,4)23-20)22-26(24,25)19-12-10-17(11-13-19)16-8-6-5-7-9-16/h10-13,16,18,22-23H,5-9,14-15H2,1-4H3. The van der Waals surface area contributed by atoms with E-state index in [0.29, 0.717) is 10.8 Å². The van der Waals surface area contributed by atoms with Gasteiger partial charge in [0.15, 0.2) is 0 Å². The van der Waals surface area contributed by atoms with Gasteiger partial charge in [0.05, 0.1) is 4.90 Å². The smallest absolute Gasteiger partial charge is 0.240 e. The summed E-state index contributed by atoms with van der Waals surface area (Å²) in [7, 11) is -3.49. The summed E-state index contributed by atoms with van der Waals surface area (Å²) < 4.78 is 28.7. The molecule has 1 heterocycles. The Morgan fingerprint density at radius 1 is 0.923 bits per heavy atom. The predicted molar refractivity (Wildman–Crippen MR) is 107 cm³/mol. The zero-order valence-corrected chi connectivity index (χ0v) is 17.5. The average Bonchev–Trinajstić information content (AvgIpc) is 2.52. The highest BCUT2D eigenvalue weighted by atomic mass is 32.2. The SMILES string of the molecule is CC1(C)CC(NS(=O)(=O)c2ccc(C3CCCCC3)cc2)CC(C)(C)N1. The van der Waals surface area contributed by atoms with Crippen molar-refractivity contribution in [3.8, 4) is 0 Å². The van der Waals surface area contributed by atoms with Crippen molar-refractivity contribution >= 4 is 10.0 Å². The first-order chi connectivity index (χ1) is 12.1. The van der Waals surface area contributed by atoms with Crippen LogP contribution in [0.3, 0.4) is 0 Å². The molecule has 5 heteroatoms. The lowest BCUT2D eigenvalue weighted by Gasteiger charge is -2.46. The summed E-state index contributed by atoms with van der Waals surface area (Å²) in [4.78, 5) is 0.381. The van der Waals surface area contributed by atoms with E-state index in [4.69, 9.17) is 0 Å². The Hall–Kier alpha value is -0.910. The maximum Gasteiger partial charge on any atom is 0.240 e. The Kier molecular flexibility index (Phi) is 5.53. The minimum atomic E-state index is -3.49. The van der Waals surface area contributed by atoms with Crippen LogP contribution in [0.1, 0.15) is 84.1 Å². The van der Waals surface area contributed by atoms with Crippen molar-refractivity contribution < 1.29 is 8.42 Å². The molecular weight excluding hydrogens is 344 g/mol. The van der Waals surface area contributed by atoms with E-state index in [1.807, 2.05) is 12.1 Å². The molecule has 0 unspecified atom stereocenters. The molecule has 3 rings (SSSR count). The first-order valence-electron chi connectivity index (χ1n) is 9.98. The summed E-state index contributed by atoms with van der Waals surface area (Å²) in [5.41, 5.74) is 1.12. The summed E-state index contributed by atoms with van der Waals surface area (Å²) in [6, 6.07) is 7.54. The highest BCUT2D eigenvalue weighted by Crippen LogP contribution is 2.33. The molecule has 2 fully saturated rings. The third-order valence-electron chi connectivity index (χ3n) is 5.78. The average molecular weight is 379 g/mol. The van der Waals surface area contributed by atoms with Gasteiger partial charge in [0, 0.05) is 17.1 Å². The van der Waals surface area contributed by atoms with Crippen LogP contribution in [0.2, 0.25) is 0 Å². The van der Waals surface area contributed by atoms with Crippen LogP contribution in [0.4, 0.5) is 0 Å². The molecule has 146 valence electrons. The van der Waals surface area contributed by atoms with Gasteiger partial charge >= 0.3 is 0 Å². The molecule has 0 bridgehead atoms. The minimum Gasteiger partial charge on any atom is -0.307 e. The van der Waals surface area contributed by atoms with E-state index in [2.05, 4.69) is 37.7 Å². The zero-order chi connectivity index (χ0) is 19.0. The fourth-order valence-electron chi connectivity index (χ4n) is 5.05. The highest BCUT2D eigenvalue weighted by molar-refractivity contribution is 7.89. The van der Waals surface area contributed by atoms with E-state index in [1.165, 1.54) is 37.7 Å². The molecule has 0 atom stereocenters. The van der Waals surface area contributed by atoms with E-state index < -0.39 is 10.0 Å². The third kappa shape index (κ3) is 4.87. The van der Waals surface area contributed by atoms with E-state index in [1.54, 1.807) is 12.1 Å². The summed E-state index contributed by atoms with van der Waals surface area (Å²) in [6.45, 7) is 8.53. The Morgan fingerprint density at radius 3 is 2.00 bits per heavy atom. The fourth-order valence-corrected chi connectivity index (χ4v) is 6.28. The second-order valence-electron chi connectivity index (χ2n) is 9.52. The van der Waals surface area contributed by atoms with E-state index >= 15 is 0 Å². The molecule has 0 spiro atoms. The highest BCUT2D eigenvalue weighted by Gasteiger charge is 2.39. The molecule has 0 amide bonds. The lowest BCUT2D eigenvalue weighted by atomic mass is 9.80. The molecule has 4 nitrogen and oxygen atoms in total. The van der Waals surface area contributed by atoms with Crippen LogP contribution in [0, 0.1) is 0 Å². The quantitative estimate of drug-likeness (QED) is 0.820. The number of piperidine rings is 1. The number of rotatable bonds is 4. The van der Waals surface area contributed by atoms with Gasteiger partial charge in [-0.3, -0.25) is 0 Å². The van der Waals surface area contributed by atoms with Crippen LogP contribution in [-0.4, -0.2) is 25.5 Å². The van der Waals surface area contributed by atoms with Gasteiger partial charge in [0.2, 0.25) is 10.0 Å². The first-order valence-corrected chi connectivity index (χ1v) is 11.5. The molecule has 1 aromatic carbocycles. The van der Waals surface area contributed by atoms with Crippen molar-refractivity contribution in [1.82, 2.24) is 10.0 Å². The molecule has 26 heavy (non-hydrogen) atoms. The Morgan fingerprint density at radius 2 is 1.46 bits per heavy atom. The van der Waals surface area contributed by atoms with Gasteiger partial charge in [0.25, 0.3) is 0 Å². The van der Waals surface area contributed by atoms with Gasteiger partial charge in [-0.1, -0.05) is 31.4 Å². The van der Waals surface area contributed by atoms with Gasteiger partial charge in [-0.05, 0) is 77.0 Å². The number of nitrogens with one attached hydrogen (secondary N) is 2. The third-order valence-corrected chi connectivity index (χ3v) is 7.32. The lowest BCUT2D eigenvalue weighted by molar-refractivity contribution is 0.157. The van der Waals surface area contributed by atoms with Crippen molar-refractivity contribution in [3.63, 3.8) is 0 Å². The second-order valence-corrected chi connectivity index (χ2v) is 11.2. The predicted octanol–water partition coefficient (Wildman–Crippen LogP) is 4.32. The molecule has 2 aliphatic rings. The van der Waals surface area contributed by atoms with E-state index in [-0.39, 0.29) is 17.1 Å². The first kappa shape index (κ1) is 19.8. The normalized spacial score (nSPS) is 24.5. The molecular formula is C21H34N2O2S. The van der Waals surface area contributed by atoms with Crippen LogP contribution in [0.25, 0.3) is 0 Å². The molecule has 0 aromatic heterocycles. The maximum atomic E-state index is 12.9. The van der Waals surface area contributed by atoms with Crippen LogP contribution in [-0.2, 0) is 10.0 Å². The van der Waals surface area contributed by atoms with Crippen molar-refractivity contribution in [2.45, 2.75) is 101 Å². The number of benzene rings is 1. The van der Waals surface area contributed by atoms with Gasteiger partial charge < -0.3 is 5.32 Å². The lowest BCUT2D eigenvalue weighted by Crippen LogP contribution is -2.62. The van der Waals surface area contributed by atoms with E-state index in [0.717, 1.165) is 12.8 Å². The summed E-state index contributed by atoms with van der Waals surface area (Å²) in [6.07, 6.45) is 7.93. The van der Waals surface area contributed by atoms with E-state index in [9.17, 15) is 8.42 Å². The largest absolute Gasteiger partial charge is 0.307 e. The second kappa shape index (κ2) is 7.25. The van der Waals surface area contributed by atoms with Crippen LogP contribution in [0.15, 0.2) is 29.2 Å². The van der Waals surface area contributed by atoms with Gasteiger partial charge in [-0.25, -0.2) is 13.1 Å². The van der Waals surface area contributed by atoms with Crippen molar-refractivity contribution in [2.24, 2.45) is 0 Å². The Balaban J connectivity index is 1.71. The van der Waals surface area contributed by atoms with Crippen LogP contribution < -0.4 is 10.0 Å². The van der Waals surface area contributed by atoms with Crippen molar-refractivity contribution in [3.05, 3.63) is 29.8 Å². The number of hydrogen-bond donors (Lipinski definition) is 2. The van der Waals surface area contributed by atoms with Crippen molar-refractivity contribution in [1.29, 1.82) is 0 Å². The van der Waals surface area contributed by atoms with Crippen LogP contribution in [0.5, 0.6) is 0 Å². The summed E-state index contributed by atoms with van der Waals surface area (Å²) >= 11 is 0. The van der Waals surface area contributed by atoms with Crippen LogP contribution >= 0.6 is 0 Å². The van der Waals surface area contributed by atoms with Crippen molar-refractivity contribution in [2.75, 3.05) is 0 Å². The number of sulfonamides is 1. The fraction of sp³-hybridized carbons (Fsp3) is 0.714. The molecule has 1 saturated heterocycles. The summed E-state index contributed by atoms with van der Waals surface area (Å²) in [5, 5.41) is 3.60. The monoisotopic (exact) mass is 378 g/mol. The molecule has 2 N–H and O–H groups in total. The molecule has 0 radical (unpaired) electrons. The molecule has 1 saturated carbocycles. The Labute approximate surface area is 159 Å². The zero-order valence-electron chi connectivity index (χ0n) is 16.6. The molecule has 1 aliphatic heterocycles. The summed E-state index contributed by atoms with van der Waals surface area (Å²) in [5.74, 6) is 0.597. The minimum absolute atomic E-state index is 0.0516. The van der Waals surface area contributed by atoms with Gasteiger partial charge in [-0.2, -0.15) is 0 Å². The Bertz CT molecular complexity index is 701. The molecule has 1 aliphatic carbocycles. The number of hydrogen-bond acceptors (Lipinski definition) is 3. The van der Waals surface area contributed by atoms with Gasteiger partial charge in [-0.15, -0.1) is 0 Å². The molecule has 1 aromatic rings. The van der Waals surface area contributed by atoms with Gasteiger partial charge in [0.1, 0.15) is 0 Å². The topological polar surface area (TPSA) is 58.2 Å².